The van der Waals surface area contributed by atoms with E-state index in [4.69, 9.17) is 11.6 Å². The molecule has 2 unspecified atom stereocenters. The predicted octanol–water partition coefficient (Wildman–Crippen LogP) is 8.68. The fourth-order valence-corrected chi connectivity index (χ4v) is 4.58. The molecule has 0 aliphatic rings. The molecule has 0 spiro atoms. The summed E-state index contributed by atoms with van der Waals surface area (Å²) in [5.74, 6) is 0.588. The third-order valence-corrected chi connectivity index (χ3v) is 8.23. The lowest BCUT2D eigenvalue weighted by molar-refractivity contribution is -0.116. The highest BCUT2D eigenvalue weighted by Crippen LogP contribution is 2.25. The molecular formula is C23H37Br2ClN2O. The number of nitrogens with one attached hydrogen (secondary N) is 1. The zero-order chi connectivity index (χ0) is 21.3. The van der Waals surface area contributed by atoms with Crippen LogP contribution in [-0.2, 0) is 4.79 Å². The van der Waals surface area contributed by atoms with E-state index >= 15 is 0 Å². The molecule has 0 aliphatic carbocycles. The zero-order valence-corrected chi connectivity index (χ0v) is 21.7. The Morgan fingerprint density at radius 2 is 1.48 bits per heavy atom. The van der Waals surface area contributed by atoms with Gasteiger partial charge in [-0.1, -0.05) is 115 Å². The average Bonchev–Trinajstić information content (AvgIpc) is 2.71. The summed E-state index contributed by atoms with van der Waals surface area (Å²) in [6.07, 6.45) is 18.4. The van der Waals surface area contributed by atoms with Crippen LogP contribution >= 0.6 is 43.5 Å². The van der Waals surface area contributed by atoms with Gasteiger partial charge in [-0.05, 0) is 31.4 Å². The molecule has 3 nitrogen and oxygen atoms in total. The number of pyridine rings is 1. The van der Waals surface area contributed by atoms with Crippen molar-refractivity contribution in [3.05, 3.63) is 23.4 Å². The molecule has 0 aliphatic heterocycles. The molecule has 29 heavy (non-hydrogen) atoms. The number of hydrogen-bond acceptors (Lipinski definition) is 2. The lowest BCUT2D eigenvalue weighted by atomic mass is 10.0. The maximum atomic E-state index is 11.9. The van der Waals surface area contributed by atoms with Gasteiger partial charge in [0.1, 0.15) is 5.82 Å². The van der Waals surface area contributed by atoms with Crippen molar-refractivity contribution in [3.8, 4) is 0 Å². The van der Waals surface area contributed by atoms with Gasteiger partial charge in [0.15, 0.2) is 0 Å². The van der Waals surface area contributed by atoms with Gasteiger partial charge in [0.05, 0.1) is 5.02 Å². The molecule has 0 fully saturated rings. The van der Waals surface area contributed by atoms with E-state index in [1.165, 1.54) is 70.6 Å². The summed E-state index contributed by atoms with van der Waals surface area (Å²) in [5, 5.41) is 3.38. The quantitative estimate of drug-likeness (QED) is 0.155. The SMILES string of the molecule is CCCCCCCCC(Br)C(Br)CCCCCCCC(=O)Nc1ccc(Cl)cn1. The van der Waals surface area contributed by atoms with Gasteiger partial charge in [0, 0.05) is 22.3 Å². The summed E-state index contributed by atoms with van der Waals surface area (Å²) in [7, 11) is 0. The third-order valence-electron chi connectivity index (χ3n) is 5.10. The smallest absolute Gasteiger partial charge is 0.225 e. The first-order valence-corrected chi connectivity index (χ1v) is 13.4. The van der Waals surface area contributed by atoms with E-state index in [0.29, 0.717) is 26.9 Å². The molecule has 2 atom stereocenters. The fourth-order valence-electron chi connectivity index (χ4n) is 3.29. The highest BCUT2D eigenvalue weighted by atomic mass is 79.9. The minimum absolute atomic E-state index is 0.0252. The summed E-state index contributed by atoms with van der Waals surface area (Å²) in [6, 6.07) is 3.45. The fraction of sp³-hybridized carbons (Fsp3) is 0.739. The normalized spacial score (nSPS) is 13.2. The topological polar surface area (TPSA) is 42.0 Å². The van der Waals surface area contributed by atoms with E-state index in [9.17, 15) is 4.79 Å². The first-order chi connectivity index (χ1) is 14.0. The van der Waals surface area contributed by atoms with Crippen molar-refractivity contribution in [3.63, 3.8) is 0 Å². The van der Waals surface area contributed by atoms with Crippen LogP contribution in [0.15, 0.2) is 18.3 Å². The van der Waals surface area contributed by atoms with Crippen LogP contribution in [0.2, 0.25) is 5.02 Å². The van der Waals surface area contributed by atoms with Crippen LogP contribution in [0.3, 0.4) is 0 Å². The van der Waals surface area contributed by atoms with Crippen molar-refractivity contribution in [1.29, 1.82) is 0 Å². The number of amides is 1. The monoisotopic (exact) mass is 550 g/mol. The van der Waals surface area contributed by atoms with E-state index in [2.05, 4.69) is 49.1 Å². The first kappa shape index (κ1) is 26.9. The summed E-state index contributed by atoms with van der Waals surface area (Å²) >= 11 is 13.5. The Morgan fingerprint density at radius 3 is 2.03 bits per heavy atom. The van der Waals surface area contributed by atoms with E-state index < -0.39 is 0 Å². The van der Waals surface area contributed by atoms with Crippen LogP contribution in [0.4, 0.5) is 5.82 Å². The molecule has 1 N–H and O–H groups in total. The van der Waals surface area contributed by atoms with Gasteiger partial charge in [-0.25, -0.2) is 4.98 Å². The van der Waals surface area contributed by atoms with Gasteiger partial charge in [-0.2, -0.15) is 0 Å². The number of unbranched alkanes of at least 4 members (excludes halogenated alkanes) is 9. The Morgan fingerprint density at radius 1 is 0.931 bits per heavy atom. The van der Waals surface area contributed by atoms with E-state index in [1.54, 1.807) is 18.3 Å². The number of hydrogen-bond donors (Lipinski definition) is 1. The number of carbonyl (C=O) groups is 1. The maximum absolute atomic E-state index is 11.9. The average molecular weight is 553 g/mol. The molecule has 0 aromatic carbocycles. The van der Waals surface area contributed by atoms with Gasteiger partial charge in [0.25, 0.3) is 0 Å². The molecule has 1 rings (SSSR count). The van der Waals surface area contributed by atoms with Gasteiger partial charge in [0.2, 0.25) is 5.91 Å². The molecule has 6 heteroatoms. The molecule has 1 aromatic heterocycles. The summed E-state index contributed by atoms with van der Waals surface area (Å²) < 4.78 is 0. The molecule has 1 aromatic rings. The Balaban J connectivity index is 1.96. The van der Waals surface area contributed by atoms with E-state index in [1.807, 2.05) is 0 Å². The highest BCUT2D eigenvalue weighted by molar-refractivity contribution is 9.12. The molecule has 1 amide bonds. The lowest BCUT2D eigenvalue weighted by Crippen LogP contribution is -2.13. The number of anilines is 1. The number of rotatable bonds is 17. The second-order valence-corrected chi connectivity index (χ2v) is 10.6. The Labute approximate surface area is 199 Å². The van der Waals surface area contributed by atoms with Gasteiger partial charge in [-0.3, -0.25) is 4.79 Å². The first-order valence-electron chi connectivity index (χ1n) is 11.2. The Hall–Kier alpha value is -0.130. The number of halogens is 3. The van der Waals surface area contributed by atoms with E-state index in [0.717, 1.165) is 12.8 Å². The van der Waals surface area contributed by atoms with Crippen molar-refractivity contribution in [2.24, 2.45) is 0 Å². The van der Waals surface area contributed by atoms with Crippen molar-refractivity contribution < 1.29 is 4.79 Å². The number of aromatic nitrogens is 1. The molecule has 0 radical (unpaired) electrons. The number of alkyl halides is 2. The van der Waals surface area contributed by atoms with E-state index in [-0.39, 0.29) is 5.91 Å². The summed E-state index contributed by atoms with van der Waals surface area (Å²) in [5.41, 5.74) is 0. The van der Waals surface area contributed by atoms with Gasteiger partial charge >= 0.3 is 0 Å². The molecule has 166 valence electrons. The molecule has 1 heterocycles. The largest absolute Gasteiger partial charge is 0.311 e. The van der Waals surface area contributed by atoms with Crippen LogP contribution in [-0.4, -0.2) is 20.5 Å². The molecule has 0 saturated heterocycles. The van der Waals surface area contributed by atoms with Crippen molar-refractivity contribution >= 4 is 55.2 Å². The maximum Gasteiger partial charge on any atom is 0.225 e. The van der Waals surface area contributed by atoms with Crippen LogP contribution in [0.1, 0.15) is 96.8 Å². The second kappa shape index (κ2) is 17.5. The number of nitrogens with zero attached hydrogens (tertiary/aromatic N) is 1. The molecule has 0 saturated carbocycles. The minimum atomic E-state index is 0.0252. The molecular weight excluding hydrogens is 516 g/mol. The van der Waals surface area contributed by atoms with Crippen LogP contribution in [0, 0.1) is 0 Å². The molecule has 0 bridgehead atoms. The Kier molecular flexibility index (Phi) is 16.3. The van der Waals surface area contributed by atoms with Gasteiger partial charge in [-0.15, -0.1) is 0 Å². The Bertz CT molecular complexity index is 542. The highest BCUT2D eigenvalue weighted by Gasteiger charge is 2.14. The minimum Gasteiger partial charge on any atom is -0.311 e. The van der Waals surface area contributed by atoms with Crippen molar-refractivity contribution in [2.45, 2.75) is 106 Å². The zero-order valence-electron chi connectivity index (χ0n) is 17.8. The second-order valence-electron chi connectivity index (χ2n) is 7.80. The van der Waals surface area contributed by atoms with Crippen LogP contribution in [0.5, 0.6) is 0 Å². The summed E-state index contributed by atoms with van der Waals surface area (Å²) in [6.45, 7) is 2.27. The standard InChI is InChI=1S/C23H37Br2ClN2O/c1-2-3-4-5-7-10-13-20(24)21(25)14-11-8-6-9-12-15-23(29)28-22-17-16-19(26)18-27-22/h16-18,20-21H,2-15H2,1H3,(H,27,28,29). The van der Waals surface area contributed by atoms with Crippen LogP contribution < -0.4 is 5.32 Å². The van der Waals surface area contributed by atoms with Crippen LogP contribution in [0.25, 0.3) is 0 Å². The predicted molar refractivity (Wildman–Crippen MR) is 134 cm³/mol. The lowest BCUT2D eigenvalue weighted by Gasteiger charge is -2.16. The van der Waals surface area contributed by atoms with Crippen molar-refractivity contribution in [2.75, 3.05) is 5.32 Å². The summed E-state index contributed by atoms with van der Waals surface area (Å²) in [4.78, 5) is 17.1. The number of carbonyl (C=O) groups excluding carboxylic acids is 1. The van der Waals surface area contributed by atoms with Gasteiger partial charge < -0.3 is 5.32 Å². The third kappa shape index (κ3) is 14.5. The van der Waals surface area contributed by atoms with Crippen molar-refractivity contribution in [1.82, 2.24) is 4.98 Å².